The van der Waals surface area contributed by atoms with Crippen LogP contribution in [0.2, 0.25) is 0 Å². The van der Waals surface area contributed by atoms with Crippen LogP contribution in [0.1, 0.15) is 27.5 Å². The monoisotopic (exact) mass is 381 g/mol. The average molecular weight is 382 g/mol. The van der Waals surface area contributed by atoms with E-state index < -0.39 is 41.3 Å². The van der Waals surface area contributed by atoms with Gasteiger partial charge in [0.25, 0.3) is 0 Å². The lowest BCUT2D eigenvalue weighted by Gasteiger charge is -2.16. The Labute approximate surface area is 145 Å². The third kappa shape index (κ3) is 4.97. The smallest absolute Gasteiger partial charge is 0.507 e. The van der Waals surface area contributed by atoms with Crippen LogP contribution in [0.4, 0.5) is 17.6 Å². The molecule has 2 rings (SSSR count). The van der Waals surface area contributed by atoms with Crippen LogP contribution < -0.4 is 10.5 Å². The highest BCUT2D eigenvalue weighted by Gasteiger charge is 2.31. The van der Waals surface area contributed by atoms with E-state index >= 15 is 0 Å². The maximum atomic E-state index is 13.5. The fraction of sp³-hybridized carbons (Fsp3) is 0.133. The molecule has 25 heavy (non-hydrogen) atoms. The fourth-order valence-corrected chi connectivity index (χ4v) is 2.08. The molecule has 0 fully saturated rings. The summed E-state index contributed by atoms with van der Waals surface area (Å²) in [4.78, 5) is 11.0. The van der Waals surface area contributed by atoms with Crippen molar-refractivity contribution in [1.29, 1.82) is 0 Å². The third-order valence-electron chi connectivity index (χ3n) is 3.14. The molecule has 2 aromatic rings. The van der Waals surface area contributed by atoms with Crippen molar-refractivity contribution in [3.8, 4) is 11.5 Å². The summed E-state index contributed by atoms with van der Waals surface area (Å²) in [6.45, 7) is 0. The Morgan fingerprint density at radius 1 is 1.16 bits per heavy atom. The van der Waals surface area contributed by atoms with E-state index in [4.69, 9.17) is 10.8 Å². The van der Waals surface area contributed by atoms with Crippen LogP contribution in [0.15, 0.2) is 36.4 Å². The van der Waals surface area contributed by atoms with Gasteiger partial charge >= 0.3 is 12.3 Å². The van der Waals surface area contributed by atoms with E-state index in [1.165, 1.54) is 12.1 Å². The van der Waals surface area contributed by atoms with Crippen molar-refractivity contribution in [2.75, 3.05) is 0 Å². The molecule has 0 aliphatic carbocycles. The molecule has 0 aliphatic heterocycles. The van der Waals surface area contributed by atoms with Gasteiger partial charge in [0.1, 0.15) is 22.9 Å². The first-order valence-corrected chi connectivity index (χ1v) is 6.45. The van der Waals surface area contributed by atoms with Crippen molar-refractivity contribution >= 4 is 18.4 Å². The molecule has 4 N–H and O–H groups in total. The van der Waals surface area contributed by atoms with E-state index in [-0.39, 0.29) is 23.5 Å². The van der Waals surface area contributed by atoms with Crippen LogP contribution >= 0.6 is 12.4 Å². The number of phenols is 1. The number of hydrogen-bond donors (Lipinski definition) is 3. The first-order valence-electron chi connectivity index (χ1n) is 6.45. The van der Waals surface area contributed by atoms with Crippen molar-refractivity contribution in [2.45, 2.75) is 12.4 Å². The van der Waals surface area contributed by atoms with Crippen molar-refractivity contribution in [3.63, 3.8) is 0 Å². The lowest BCUT2D eigenvalue weighted by atomic mass is 9.96. The topological polar surface area (TPSA) is 92.8 Å². The Balaban J connectivity index is 0.00000312. The van der Waals surface area contributed by atoms with Crippen molar-refractivity contribution < 1.29 is 37.3 Å². The van der Waals surface area contributed by atoms with Crippen LogP contribution in [0.25, 0.3) is 0 Å². The number of carboxylic acids is 1. The van der Waals surface area contributed by atoms with Gasteiger partial charge in [-0.15, -0.1) is 25.6 Å². The number of nitrogens with two attached hydrogens (primary N) is 1. The first kappa shape index (κ1) is 20.5. The summed E-state index contributed by atoms with van der Waals surface area (Å²) in [6, 6.07) is 4.71. The predicted molar refractivity (Wildman–Crippen MR) is 81.4 cm³/mol. The Kier molecular flexibility index (Phi) is 6.22. The second-order valence-corrected chi connectivity index (χ2v) is 4.79. The van der Waals surface area contributed by atoms with E-state index in [1.54, 1.807) is 0 Å². The molecular weight excluding hydrogens is 370 g/mol. The molecule has 0 bridgehead atoms. The molecule has 1 atom stereocenters. The Bertz CT molecular complexity index is 765. The number of carbonyl (C=O) groups is 1. The molecule has 10 heteroatoms. The molecule has 136 valence electrons. The summed E-state index contributed by atoms with van der Waals surface area (Å²) in [6.07, 6.45) is -4.85. The molecular formula is C15H12ClF4NO4. The SMILES string of the molecule is Cl.N[C@H](c1ccc(OC(F)(F)F)cc1)c1cc(F)cc(C(=O)O)c1O. The average Bonchev–Trinajstić information content (AvgIpc) is 2.47. The highest BCUT2D eigenvalue weighted by molar-refractivity contribution is 5.91. The summed E-state index contributed by atoms with van der Waals surface area (Å²) in [5.41, 5.74) is 5.19. The van der Waals surface area contributed by atoms with Crippen LogP contribution in [-0.2, 0) is 0 Å². The van der Waals surface area contributed by atoms with Crippen molar-refractivity contribution in [1.82, 2.24) is 0 Å². The number of carboxylic acid groups (broad SMARTS) is 1. The third-order valence-corrected chi connectivity index (χ3v) is 3.14. The number of ether oxygens (including phenoxy) is 1. The molecule has 0 radical (unpaired) electrons. The number of hydrogen-bond acceptors (Lipinski definition) is 4. The van der Waals surface area contributed by atoms with Crippen LogP contribution in [0, 0.1) is 5.82 Å². The van der Waals surface area contributed by atoms with Crippen LogP contribution in [0.3, 0.4) is 0 Å². The Morgan fingerprint density at radius 2 is 1.72 bits per heavy atom. The largest absolute Gasteiger partial charge is 0.573 e. The Morgan fingerprint density at radius 3 is 2.20 bits per heavy atom. The molecule has 0 amide bonds. The molecule has 0 unspecified atom stereocenters. The number of benzene rings is 2. The maximum Gasteiger partial charge on any atom is 0.573 e. The van der Waals surface area contributed by atoms with Gasteiger partial charge in [-0.25, -0.2) is 9.18 Å². The predicted octanol–water partition coefficient (Wildman–Crippen LogP) is 3.60. The van der Waals surface area contributed by atoms with Gasteiger partial charge in [0, 0.05) is 5.56 Å². The van der Waals surface area contributed by atoms with Gasteiger partial charge in [0.15, 0.2) is 0 Å². The summed E-state index contributed by atoms with van der Waals surface area (Å²) >= 11 is 0. The lowest BCUT2D eigenvalue weighted by Crippen LogP contribution is -2.17. The summed E-state index contributed by atoms with van der Waals surface area (Å²) in [5, 5.41) is 18.8. The quantitative estimate of drug-likeness (QED) is 0.704. The van der Waals surface area contributed by atoms with Crippen molar-refractivity contribution in [3.05, 3.63) is 58.9 Å². The van der Waals surface area contributed by atoms with Gasteiger partial charge < -0.3 is 20.7 Å². The van der Waals surface area contributed by atoms with Gasteiger partial charge in [0.2, 0.25) is 0 Å². The lowest BCUT2D eigenvalue weighted by molar-refractivity contribution is -0.274. The van der Waals surface area contributed by atoms with Gasteiger partial charge in [-0.2, -0.15) is 0 Å². The number of rotatable bonds is 4. The molecule has 0 spiro atoms. The van der Waals surface area contributed by atoms with Crippen LogP contribution in [0.5, 0.6) is 11.5 Å². The summed E-state index contributed by atoms with van der Waals surface area (Å²) in [5.74, 6) is -3.66. The minimum atomic E-state index is -4.85. The van der Waals surface area contributed by atoms with Crippen molar-refractivity contribution in [2.24, 2.45) is 5.73 Å². The zero-order valence-electron chi connectivity index (χ0n) is 12.2. The minimum absolute atomic E-state index is 0. The number of halogens is 5. The number of alkyl halides is 3. The molecule has 0 aromatic heterocycles. The normalized spacial score (nSPS) is 12.2. The Hall–Kier alpha value is -2.52. The standard InChI is InChI=1S/C15H11F4NO4.ClH/c16-8-5-10(13(21)11(6-8)14(22)23)12(20)7-1-3-9(4-2-7)24-15(17,18)19;/h1-6,12,21H,20H2,(H,22,23);1H/t12-;/m1./s1. The second kappa shape index (κ2) is 7.58. The first-order chi connectivity index (χ1) is 11.1. The fourth-order valence-electron chi connectivity index (χ4n) is 2.08. The minimum Gasteiger partial charge on any atom is -0.507 e. The number of aromatic hydroxyl groups is 1. The molecule has 0 saturated carbocycles. The highest BCUT2D eigenvalue weighted by atomic mass is 35.5. The zero-order chi connectivity index (χ0) is 18.1. The maximum absolute atomic E-state index is 13.5. The van der Waals surface area contributed by atoms with Gasteiger partial charge in [-0.1, -0.05) is 12.1 Å². The van der Waals surface area contributed by atoms with E-state index in [0.717, 1.165) is 18.2 Å². The highest BCUT2D eigenvalue weighted by Crippen LogP contribution is 2.33. The van der Waals surface area contributed by atoms with Gasteiger partial charge in [-0.3, -0.25) is 0 Å². The molecule has 0 aliphatic rings. The van der Waals surface area contributed by atoms with E-state index in [0.29, 0.717) is 6.07 Å². The molecule has 2 aromatic carbocycles. The second-order valence-electron chi connectivity index (χ2n) is 4.79. The van der Waals surface area contributed by atoms with E-state index in [2.05, 4.69) is 4.74 Å². The molecule has 0 saturated heterocycles. The van der Waals surface area contributed by atoms with E-state index in [9.17, 15) is 27.5 Å². The van der Waals surface area contributed by atoms with Crippen LogP contribution in [-0.4, -0.2) is 22.5 Å². The summed E-state index contributed by atoms with van der Waals surface area (Å²) in [7, 11) is 0. The zero-order valence-corrected chi connectivity index (χ0v) is 13.1. The molecule has 0 heterocycles. The van der Waals surface area contributed by atoms with Gasteiger partial charge in [-0.05, 0) is 29.8 Å². The van der Waals surface area contributed by atoms with E-state index in [1.807, 2.05) is 0 Å². The number of aromatic carboxylic acids is 1. The summed E-state index contributed by atoms with van der Waals surface area (Å²) < 4.78 is 53.5. The van der Waals surface area contributed by atoms with Gasteiger partial charge in [0.05, 0.1) is 6.04 Å². The molecule has 5 nitrogen and oxygen atoms in total.